The number of carbonyl (C=O) groups excluding carboxylic acids is 2. The number of anilines is 1. The minimum absolute atomic E-state index is 0.381. The van der Waals surface area contributed by atoms with Crippen molar-refractivity contribution in [2.24, 2.45) is 0 Å². The third-order valence-electron chi connectivity index (χ3n) is 1.99. The van der Waals surface area contributed by atoms with E-state index < -0.39 is 12.1 Å². The molecule has 5 heteroatoms. The van der Waals surface area contributed by atoms with Gasteiger partial charge in [-0.05, 0) is 30.7 Å². The lowest BCUT2D eigenvalue weighted by Crippen LogP contribution is -2.14. The van der Waals surface area contributed by atoms with Gasteiger partial charge < -0.3 is 9.47 Å². The fourth-order valence-electron chi connectivity index (χ4n) is 1.16. The maximum absolute atomic E-state index is 11.2. The molecular weight excluding hydrogens is 222 g/mol. The van der Waals surface area contributed by atoms with Crippen molar-refractivity contribution in [2.45, 2.75) is 13.3 Å². The van der Waals surface area contributed by atoms with Gasteiger partial charge in [0.1, 0.15) is 0 Å². The molecule has 0 aromatic heterocycles. The van der Waals surface area contributed by atoms with Crippen LogP contribution in [-0.2, 0) is 9.47 Å². The van der Waals surface area contributed by atoms with Crippen molar-refractivity contribution in [3.8, 4) is 0 Å². The molecule has 0 spiro atoms. The molecule has 0 aliphatic heterocycles. The first-order valence-electron chi connectivity index (χ1n) is 5.29. The Morgan fingerprint density at radius 2 is 1.88 bits per heavy atom. The summed E-state index contributed by atoms with van der Waals surface area (Å²) < 4.78 is 9.41. The van der Waals surface area contributed by atoms with Crippen molar-refractivity contribution < 1.29 is 19.1 Å². The summed E-state index contributed by atoms with van der Waals surface area (Å²) in [6.45, 7) is 2.30. The Morgan fingerprint density at radius 3 is 2.41 bits per heavy atom. The maximum Gasteiger partial charge on any atom is 0.411 e. The average molecular weight is 237 g/mol. The van der Waals surface area contributed by atoms with E-state index in [9.17, 15) is 9.59 Å². The standard InChI is InChI=1S/C12H15NO4/c1-3-8-17-12(15)13-10-6-4-9(5-7-10)11(14)16-2/h4-7H,3,8H2,1-2H3,(H,13,15). The summed E-state index contributed by atoms with van der Waals surface area (Å²) in [7, 11) is 1.32. The molecular formula is C12H15NO4. The highest BCUT2D eigenvalue weighted by Gasteiger charge is 2.06. The second kappa shape index (κ2) is 6.52. The molecule has 0 saturated carbocycles. The predicted molar refractivity (Wildman–Crippen MR) is 63.0 cm³/mol. The zero-order valence-electron chi connectivity index (χ0n) is 9.86. The fraction of sp³-hybridized carbons (Fsp3) is 0.333. The number of nitrogens with one attached hydrogen (secondary N) is 1. The van der Waals surface area contributed by atoms with Crippen LogP contribution in [0.4, 0.5) is 10.5 Å². The van der Waals surface area contributed by atoms with Gasteiger partial charge in [0.25, 0.3) is 0 Å². The normalized spacial score (nSPS) is 9.53. The van der Waals surface area contributed by atoms with Crippen LogP contribution in [0.3, 0.4) is 0 Å². The molecule has 1 rings (SSSR count). The van der Waals surface area contributed by atoms with Crippen LogP contribution in [0.1, 0.15) is 23.7 Å². The first kappa shape index (κ1) is 13.0. The number of benzene rings is 1. The Hall–Kier alpha value is -2.04. The second-order valence-corrected chi connectivity index (χ2v) is 3.33. The van der Waals surface area contributed by atoms with Crippen molar-refractivity contribution >= 4 is 17.7 Å². The summed E-state index contributed by atoms with van der Waals surface area (Å²) in [6, 6.07) is 6.36. The third-order valence-corrected chi connectivity index (χ3v) is 1.99. The van der Waals surface area contributed by atoms with Crippen LogP contribution in [0.25, 0.3) is 0 Å². The van der Waals surface area contributed by atoms with E-state index in [-0.39, 0.29) is 0 Å². The van der Waals surface area contributed by atoms with Crippen molar-refractivity contribution in [1.82, 2.24) is 0 Å². The van der Waals surface area contributed by atoms with E-state index >= 15 is 0 Å². The number of methoxy groups -OCH3 is 1. The molecule has 0 heterocycles. The molecule has 17 heavy (non-hydrogen) atoms. The SMILES string of the molecule is CCCOC(=O)Nc1ccc(C(=O)OC)cc1. The minimum Gasteiger partial charge on any atom is -0.465 e. The summed E-state index contributed by atoms with van der Waals surface area (Å²) >= 11 is 0. The van der Waals surface area contributed by atoms with Gasteiger partial charge in [-0.1, -0.05) is 6.92 Å². The van der Waals surface area contributed by atoms with E-state index in [4.69, 9.17) is 4.74 Å². The van der Waals surface area contributed by atoms with Crippen LogP contribution in [0.15, 0.2) is 24.3 Å². The molecule has 0 unspecified atom stereocenters. The van der Waals surface area contributed by atoms with Gasteiger partial charge in [-0.3, -0.25) is 5.32 Å². The molecule has 0 aliphatic carbocycles. The highest BCUT2D eigenvalue weighted by molar-refractivity contribution is 5.90. The van der Waals surface area contributed by atoms with E-state index in [1.165, 1.54) is 7.11 Å². The van der Waals surface area contributed by atoms with Crippen molar-refractivity contribution in [1.29, 1.82) is 0 Å². The monoisotopic (exact) mass is 237 g/mol. The minimum atomic E-state index is -0.502. The summed E-state index contributed by atoms with van der Waals surface area (Å²) in [5.41, 5.74) is 0.999. The first-order valence-corrected chi connectivity index (χ1v) is 5.29. The quantitative estimate of drug-likeness (QED) is 0.817. The number of ether oxygens (including phenoxy) is 2. The van der Waals surface area contributed by atoms with Gasteiger partial charge in [-0.2, -0.15) is 0 Å². The van der Waals surface area contributed by atoms with Crippen LogP contribution in [0, 0.1) is 0 Å². The molecule has 0 fully saturated rings. The van der Waals surface area contributed by atoms with E-state index in [2.05, 4.69) is 10.1 Å². The smallest absolute Gasteiger partial charge is 0.411 e. The molecule has 0 atom stereocenters. The van der Waals surface area contributed by atoms with Crippen LogP contribution in [0.5, 0.6) is 0 Å². The molecule has 1 aromatic rings. The van der Waals surface area contributed by atoms with E-state index in [1.54, 1.807) is 24.3 Å². The Bertz CT molecular complexity index is 386. The molecule has 92 valence electrons. The van der Waals surface area contributed by atoms with Gasteiger partial charge in [0.05, 0.1) is 19.3 Å². The van der Waals surface area contributed by atoms with E-state index in [0.29, 0.717) is 17.9 Å². The third kappa shape index (κ3) is 4.14. The fourth-order valence-corrected chi connectivity index (χ4v) is 1.16. The molecule has 0 aliphatic rings. The average Bonchev–Trinajstić information content (AvgIpc) is 2.36. The summed E-state index contributed by atoms with van der Waals surface area (Å²) in [5.74, 6) is -0.412. The van der Waals surface area contributed by atoms with Gasteiger partial charge in [0.2, 0.25) is 0 Å². The Labute approximate surface area is 99.7 Å². The van der Waals surface area contributed by atoms with Gasteiger partial charge in [0, 0.05) is 5.69 Å². The molecule has 0 bridgehead atoms. The molecule has 0 radical (unpaired) electrons. The topological polar surface area (TPSA) is 64.6 Å². The largest absolute Gasteiger partial charge is 0.465 e. The van der Waals surface area contributed by atoms with Crippen LogP contribution in [0.2, 0.25) is 0 Å². The second-order valence-electron chi connectivity index (χ2n) is 3.33. The highest BCUT2D eigenvalue weighted by atomic mass is 16.5. The lowest BCUT2D eigenvalue weighted by Gasteiger charge is -2.06. The highest BCUT2D eigenvalue weighted by Crippen LogP contribution is 2.10. The van der Waals surface area contributed by atoms with Crippen LogP contribution >= 0.6 is 0 Å². The molecule has 1 aromatic carbocycles. The lowest BCUT2D eigenvalue weighted by atomic mass is 10.2. The zero-order chi connectivity index (χ0) is 12.7. The van der Waals surface area contributed by atoms with Gasteiger partial charge in [-0.25, -0.2) is 9.59 Å². The lowest BCUT2D eigenvalue weighted by molar-refractivity contribution is 0.0600. The number of esters is 1. The zero-order valence-corrected chi connectivity index (χ0v) is 9.86. The van der Waals surface area contributed by atoms with E-state index in [1.807, 2.05) is 6.92 Å². The summed E-state index contributed by atoms with van der Waals surface area (Å²) in [6.07, 6.45) is 0.270. The molecule has 5 nitrogen and oxygen atoms in total. The number of hydrogen-bond donors (Lipinski definition) is 1. The van der Waals surface area contributed by atoms with Gasteiger partial charge in [-0.15, -0.1) is 0 Å². The van der Waals surface area contributed by atoms with Crippen molar-refractivity contribution in [2.75, 3.05) is 19.0 Å². The van der Waals surface area contributed by atoms with Gasteiger partial charge in [0.15, 0.2) is 0 Å². The van der Waals surface area contributed by atoms with Crippen molar-refractivity contribution in [3.63, 3.8) is 0 Å². The number of carbonyl (C=O) groups is 2. The van der Waals surface area contributed by atoms with Crippen LogP contribution < -0.4 is 5.32 Å². The summed E-state index contributed by atoms with van der Waals surface area (Å²) in [5, 5.41) is 2.55. The van der Waals surface area contributed by atoms with Crippen molar-refractivity contribution in [3.05, 3.63) is 29.8 Å². The first-order chi connectivity index (χ1) is 8.17. The molecule has 1 N–H and O–H groups in total. The van der Waals surface area contributed by atoms with Gasteiger partial charge >= 0.3 is 12.1 Å². The van der Waals surface area contributed by atoms with Crippen LogP contribution in [-0.4, -0.2) is 25.8 Å². The maximum atomic E-state index is 11.2. The number of rotatable bonds is 4. The number of hydrogen-bond acceptors (Lipinski definition) is 4. The summed E-state index contributed by atoms with van der Waals surface area (Å²) in [4.78, 5) is 22.4. The Balaban J connectivity index is 2.56. The Morgan fingerprint density at radius 1 is 1.24 bits per heavy atom. The molecule has 1 amide bonds. The Kier molecular flexibility index (Phi) is 5.00. The predicted octanol–water partition coefficient (Wildman–Crippen LogP) is 2.43. The molecule has 0 saturated heterocycles. The number of amides is 1. The van der Waals surface area contributed by atoms with E-state index in [0.717, 1.165) is 6.42 Å².